The van der Waals surface area contributed by atoms with E-state index in [1.807, 2.05) is 18.2 Å². The Morgan fingerprint density at radius 2 is 1.85 bits per heavy atom. The fourth-order valence-electron chi connectivity index (χ4n) is 2.25. The molecule has 70 valence electrons. The zero-order chi connectivity index (χ0) is 9.64. The van der Waals surface area contributed by atoms with E-state index >= 15 is 0 Å². The first kappa shape index (κ1) is 8.76. The van der Waals surface area contributed by atoms with Gasteiger partial charge in [-0.3, -0.25) is 0 Å². The molecular formula is C12H16O. The summed E-state index contributed by atoms with van der Waals surface area (Å²) in [6, 6.07) is 8.20. The molecule has 0 radical (unpaired) electrons. The molecule has 2 rings (SSSR count). The molecule has 1 heteroatoms. The average Bonchev–Trinajstić information content (AvgIpc) is 2.30. The maximum atomic E-state index is 9.99. The monoisotopic (exact) mass is 176 g/mol. The van der Waals surface area contributed by atoms with Crippen molar-refractivity contribution in [2.24, 2.45) is 5.92 Å². The lowest BCUT2D eigenvalue weighted by atomic mass is 9.79. The molecule has 2 atom stereocenters. The molecule has 1 nitrogen and oxygen atoms in total. The highest BCUT2D eigenvalue weighted by atomic mass is 16.3. The van der Waals surface area contributed by atoms with Crippen LogP contribution in [0.2, 0.25) is 0 Å². The molecule has 0 saturated heterocycles. The van der Waals surface area contributed by atoms with E-state index in [0.29, 0.717) is 5.92 Å². The van der Waals surface area contributed by atoms with E-state index < -0.39 is 0 Å². The smallest absolute Gasteiger partial charge is 0.0826 e. The van der Waals surface area contributed by atoms with Gasteiger partial charge in [-0.2, -0.15) is 0 Å². The predicted octanol–water partition coefficient (Wildman–Crippen LogP) is 2.65. The van der Waals surface area contributed by atoms with Crippen LogP contribution in [0.4, 0.5) is 0 Å². The van der Waals surface area contributed by atoms with Crippen molar-refractivity contribution in [2.45, 2.75) is 32.3 Å². The van der Waals surface area contributed by atoms with Crippen LogP contribution in [0.25, 0.3) is 0 Å². The minimum absolute atomic E-state index is 0.107. The van der Waals surface area contributed by atoms with Crippen molar-refractivity contribution in [3.63, 3.8) is 0 Å². The maximum Gasteiger partial charge on any atom is 0.0826 e. The Hall–Kier alpha value is -0.820. The van der Waals surface area contributed by atoms with E-state index in [0.717, 1.165) is 5.56 Å². The topological polar surface area (TPSA) is 20.2 Å². The van der Waals surface area contributed by atoms with Gasteiger partial charge < -0.3 is 5.11 Å². The molecule has 1 aliphatic carbocycles. The molecule has 1 aliphatic rings. The Labute approximate surface area is 79.4 Å². The third-order valence-corrected chi connectivity index (χ3v) is 3.59. The molecular weight excluding hydrogens is 160 g/mol. The zero-order valence-corrected chi connectivity index (χ0v) is 8.41. The zero-order valence-electron chi connectivity index (χ0n) is 8.41. The standard InChI is InChI=1S/C12H16O/c1-8-11(13)9-6-4-5-7-10(9)12(8,2)3/h4-8,11,13H,1-3H3. The van der Waals surface area contributed by atoms with Gasteiger partial charge in [-0.15, -0.1) is 0 Å². The van der Waals surface area contributed by atoms with Gasteiger partial charge in [-0.25, -0.2) is 0 Å². The molecule has 0 spiro atoms. The normalized spacial score (nSPS) is 30.2. The molecule has 1 N–H and O–H groups in total. The number of fused-ring (bicyclic) bond motifs is 1. The van der Waals surface area contributed by atoms with Crippen LogP contribution in [0.5, 0.6) is 0 Å². The number of aliphatic hydroxyl groups excluding tert-OH is 1. The van der Waals surface area contributed by atoms with E-state index in [-0.39, 0.29) is 11.5 Å². The van der Waals surface area contributed by atoms with Gasteiger partial charge >= 0.3 is 0 Å². The third kappa shape index (κ3) is 1.03. The SMILES string of the molecule is CC1C(O)c2ccccc2C1(C)C. The summed E-state index contributed by atoms with van der Waals surface area (Å²) in [6.07, 6.45) is -0.286. The van der Waals surface area contributed by atoms with E-state index in [1.165, 1.54) is 5.56 Å². The number of hydrogen-bond acceptors (Lipinski definition) is 1. The summed E-state index contributed by atoms with van der Waals surface area (Å²) >= 11 is 0. The molecule has 0 fully saturated rings. The highest BCUT2D eigenvalue weighted by molar-refractivity contribution is 5.41. The van der Waals surface area contributed by atoms with Crippen molar-refractivity contribution >= 4 is 0 Å². The van der Waals surface area contributed by atoms with Crippen LogP contribution in [-0.2, 0) is 5.41 Å². The first-order valence-electron chi connectivity index (χ1n) is 4.82. The summed E-state index contributed by atoms with van der Waals surface area (Å²) in [6.45, 7) is 6.52. The summed E-state index contributed by atoms with van der Waals surface area (Å²) in [5.41, 5.74) is 2.52. The molecule has 1 aromatic rings. The lowest BCUT2D eigenvalue weighted by molar-refractivity contribution is 0.101. The molecule has 0 saturated carbocycles. The van der Waals surface area contributed by atoms with Gasteiger partial charge in [0.05, 0.1) is 6.10 Å². The molecule has 0 amide bonds. The van der Waals surface area contributed by atoms with E-state index in [1.54, 1.807) is 0 Å². The van der Waals surface area contributed by atoms with Crippen LogP contribution in [0.1, 0.15) is 38.0 Å². The van der Waals surface area contributed by atoms with Crippen molar-refractivity contribution in [3.8, 4) is 0 Å². The minimum Gasteiger partial charge on any atom is -0.388 e. The van der Waals surface area contributed by atoms with Crippen LogP contribution in [0, 0.1) is 5.92 Å². The third-order valence-electron chi connectivity index (χ3n) is 3.59. The second kappa shape index (κ2) is 2.58. The number of hydrogen-bond donors (Lipinski definition) is 1. The molecule has 0 heterocycles. The molecule has 0 aliphatic heterocycles. The van der Waals surface area contributed by atoms with E-state index in [2.05, 4.69) is 26.8 Å². The molecule has 1 aromatic carbocycles. The van der Waals surface area contributed by atoms with Crippen molar-refractivity contribution in [1.29, 1.82) is 0 Å². The van der Waals surface area contributed by atoms with Gasteiger partial charge in [0, 0.05) is 0 Å². The number of rotatable bonds is 0. The summed E-state index contributed by atoms with van der Waals surface area (Å²) in [5, 5.41) is 9.99. The fourth-order valence-corrected chi connectivity index (χ4v) is 2.25. The van der Waals surface area contributed by atoms with Crippen LogP contribution in [0.15, 0.2) is 24.3 Å². The number of aliphatic hydroxyl groups is 1. The Morgan fingerprint density at radius 1 is 1.23 bits per heavy atom. The minimum atomic E-state index is -0.286. The van der Waals surface area contributed by atoms with Gasteiger partial charge in [-0.1, -0.05) is 45.0 Å². The Morgan fingerprint density at radius 3 is 2.46 bits per heavy atom. The van der Waals surface area contributed by atoms with Gasteiger partial charge in [-0.05, 0) is 22.5 Å². The predicted molar refractivity (Wildman–Crippen MR) is 53.6 cm³/mol. The second-order valence-electron chi connectivity index (χ2n) is 4.54. The Bertz CT molecular complexity index is 328. The lowest BCUT2D eigenvalue weighted by Gasteiger charge is -2.26. The van der Waals surface area contributed by atoms with Crippen LogP contribution in [-0.4, -0.2) is 5.11 Å². The van der Waals surface area contributed by atoms with Gasteiger partial charge in [0.1, 0.15) is 0 Å². The van der Waals surface area contributed by atoms with E-state index in [4.69, 9.17) is 0 Å². The molecule has 13 heavy (non-hydrogen) atoms. The first-order valence-corrected chi connectivity index (χ1v) is 4.82. The Kier molecular flexibility index (Phi) is 1.74. The van der Waals surface area contributed by atoms with Crippen molar-refractivity contribution < 1.29 is 5.11 Å². The summed E-state index contributed by atoms with van der Waals surface area (Å²) in [5.74, 6) is 0.310. The average molecular weight is 176 g/mol. The molecule has 2 unspecified atom stereocenters. The van der Waals surface area contributed by atoms with Crippen molar-refractivity contribution in [1.82, 2.24) is 0 Å². The maximum absolute atomic E-state index is 9.99. The van der Waals surface area contributed by atoms with E-state index in [9.17, 15) is 5.11 Å². The quantitative estimate of drug-likeness (QED) is 0.644. The summed E-state index contributed by atoms with van der Waals surface area (Å²) in [7, 11) is 0. The summed E-state index contributed by atoms with van der Waals surface area (Å²) < 4.78 is 0. The molecule has 0 bridgehead atoms. The highest BCUT2D eigenvalue weighted by Gasteiger charge is 2.42. The first-order chi connectivity index (χ1) is 6.05. The van der Waals surface area contributed by atoms with Crippen molar-refractivity contribution in [3.05, 3.63) is 35.4 Å². The summed E-state index contributed by atoms with van der Waals surface area (Å²) in [4.78, 5) is 0. The highest BCUT2D eigenvalue weighted by Crippen LogP contribution is 2.48. The fraction of sp³-hybridized carbons (Fsp3) is 0.500. The lowest BCUT2D eigenvalue weighted by Crippen LogP contribution is -2.23. The Balaban J connectivity index is 2.61. The van der Waals surface area contributed by atoms with Crippen LogP contribution >= 0.6 is 0 Å². The van der Waals surface area contributed by atoms with Crippen LogP contribution < -0.4 is 0 Å². The van der Waals surface area contributed by atoms with Gasteiger partial charge in [0.2, 0.25) is 0 Å². The van der Waals surface area contributed by atoms with Crippen molar-refractivity contribution in [2.75, 3.05) is 0 Å². The van der Waals surface area contributed by atoms with Crippen LogP contribution in [0.3, 0.4) is 0 Å². The van der Waals surface area contributed by atoms with Gasteiger partial charge in [0.25, 0.3) is 0 Å². The number of benzene rings is 1. The molecule has 0 aromatic heterocycles. The second-order valence-corrected chi connectivity index (χ2v) is 4.54. The van der Waals surface area contributed by atoms with Gasteiger partial charge in [0.15, 0.2) is 0 Å². The largest absolute Gasteiger partial charge is 0.388 e.